The highest BCUT2D eigenvalue weighted by molar-refractivity contribution is 6.99. The van der Waals surface area contributed by atoms with Crippen LogP contribution in [0.2, 0.25) is 5.04 Å². The molecular formula is C38H62O4Si. The Hall–Kier alpha value is -1.95. The molecule has 0 saturated carbocycles. The molecule has 2 aromatic carbocycles. The lowest BCUT2D eigenvalue weighted by Crippen LogP contribution is -2.66. The second-order valence-corrected chi connectivity index (χ2v) is 17.4. The predicted molar refractivity (Wildman–Crippen MR) is 185 cm³/mol. The van der Waals surface area contributed by atoms with E-state index in [9.17, 15) is 4.79 Å². The summed E-state index contributed by atoms with van der Waals surface area (Å²) in [6.45, 7) is 10.8. The number of carbonyl (C=O) groups excluding carboxylic acids is 1. The van der Waals surface area contributed by atoms with Gasteiger partial charge in [-0.25, -0.2) is 0 Å². The zero-order valence-corrected chi connectivity index (χ0v) is 29.0. The summed E-state index contributed by atoms with van der Waals surface area (Å²) in [5.74, 6) is -0.109. The average molecular weight is 611 g/mol. The Bertz CT molecular complexity index is 902. The molecule has 0 fully saturated rings. The van der Waals surface area contributed by atoms with E-state index in [1.54, 1.807) is 0 Å². The Morgan fingerprint density at radius 1 is 0.581 bits per heavy atom. The Kier molecular flexibility index (Phi) is 19.5. The van der Waals surface area contributed by atoms with Crippen LogP contribution >= 0.6 is 0 Å². The molecule has 5 heteroatoms. The Morgan fingerprint density at radius 2 is 1.00 bits per heavy atom. The SMILES string of the molecule is CCCCCCCCCCCCCCCCCC(=O)OCCOCCO[Si](c1ccccc1)(c1ccccc1)C(C)(C)C. The van der Waals surface area contributed by atoms with E-state index < -0.39 is 8.32 Å². The van der Waals surface area contributed by atoms with Gasteiger partial charge < -0.3 is 13.9 Å². The molecule has 242 valence electrons. The number of carbonyl (C=O) groups is 1. The summed E-state index contributed by atoms with van der Waals surface area (Å²) in [4.78, 5) is 12.1. The van der Waals surface area contributed by atoms with Gasteiger partial charge in [-0.3, -0.25) is 4.79 Å². The van der Waals surface area contributed by atoms with Crippen LogP contribution in [-0.2, 0) is 18.7 Å². The van der Waals surface area contributed by atoms with Crippen LogP contribution in [-0.4, -0.2) is 40.7 Å². The smallest absolute Gasteiger partial charge is 0.305 e. The van der Waals surface area contributed by atoms with Crippen molar-refractivity contribution in [2.45, 2.75) is 135 Å². The first kappa shape index (κ1) is 37.2. The van der Waals surface area contributed by atoms with Crippen molar-refractivity contribution in [1.29, 1.82) is 0 Å². The molecular weight excluding hydrogens is 549 g/mol. The van der Waals surface area contributed by atoms with Crippen molar-refractivity contribution in [3.8, 4) is 0 Å². The molecule has 0 amide bonds. The highest BCUT2D eigenvalue weighted by Crippen LogP contribution is 2.36. The molecule has 0 bridgehead atoms. The quantitative estimate of drug-likeness (QED) is 0.0638. The summed E-state index contributed by atoms with van der Waals surface area (Å²) in [7, 11) is -2.54. The van der Waals surface area contributed by atoms with Crippen LogP contribution in [0, 0.1) is 0 Å². The number of esters is 1. The second kappa shape index (κ2) is 22.5. The van der Waals surface area contributed by atoms with Gasteiger partial charge in [-0.2, -0.15) is 0 Å². The van der Waals surface area contributed by atoms with Crippen LogP contribution in [0.1, 0.15) is 130 Å². The largest absolute Gasteiger partial charge is 0.463 e. The summed E-state index contributed by atoms with van der Waals surface area (Å²) in [5, 5.41) is 2.47. The van der Waals surface area contributed by atoms with Crippen molar-refractivity contribution in [3.63, 3.8) is 0 Å². The van der Waals surface area contributed by atoms with Crippen LogP contribution < -0.4 is 10.4 Å². The van der Waals surface area contributed by atoms with Gasteiger partial charge in [0.25, 0.3) is 8.32 Å². The van der Waals surface area contributed by atoms with Gasteiger partial charge in [-0.15, -0.1) is 0 Å². The third-order valence-electron chi connectivity index (χ3n) is 8.44. The Labute approximate surface area is 265 Å². The fourth-order valence-corrected chi connectivity index (χ4v) is 10.6. The molecule has 2 rings (SSSR count). The fraction of sp³-hybridized carbons (Fsp3) is 0.658. The lowest BCUT2D eigenvalue weighted by atomic mass is 10.0. The maximum atomic E-state index is 12.1. The van der Waals surface area contributed by atoms with E-state index in [1.807, 2.05) is 0 Å². The number of unbranched alkanes of at least 4 members (excludes halogenated alkanes) is 14. The van der Waals surface area contributed by atoms with Crippen molar-refractivity contribution >= 4 is 24.7 Å². The highest BCUT2D eigenvalue weighted by Gasteiger charge is 2.49. The van der Waals surface area contributed by atoms with Crippen LogP contribution in [0.3, 0.4) is 0 Å². The van der Waals surface area contributed by atoms with Crippen LogP contribution in [0.5, 0.6) is 0 Å². The van der Waals surface area contributed by atoms with Gasteiger partial charge in [0.2, 0.25) is 0 Å². The first-order chi connectivity index (χ1) is 20.9. The van der Waals surface area contributed by atoms with Crippen molar-refractivity contribution in [3.05, 3.63) is 60.7 Å². The maximum absolute atomic E-state index is 12.1. The Balaban J connectivity index is 1.52. The summed E-state index contributed by atoms with van der Waals surface area (Å²) >= 11 is 0. The molecule has 4 nitrogen and oxygen atoms in total. The molecule has 0 N–H and O–H groups in total. The summed E-state index contributed by atoms with van der Waals surface area (Å²) in [6, 6.07) is 21.3. The van der Waals surface area contributed by atoms with Gasteiger partial charge >= 0.3 is 5.97 Å². The minimum Gasteiger partial charge on any atom is -0.463 e. The normalized spacial score (nSPS) is 12.0. The van der Waals surface area contributed by atoms with E-state index >= 15 is 0 Å². The average Bonchev–Trinajstić information content (AvgIpc) is 3.01. The van der Waals surface area contributed by atoms with E-state index in [4.69, 9.17) is 13.9 Å². The molecule has 0 radical (unpaired) electrons. The topological polar surface area (TPSA) is 44.8 Å². The minimum atomic E-state index is -2.54. The van der Waals surface area contributed by atoms with Crippen LogP contribution in [0.15, 0.2) is 60.7 Å². The first-order valence-electron chi connectivity index (χ1n) is 17.4. The zero-order valence-electron chi connectivity index (χ0n) is 28.0. The Morgan fingerprint density at radius 3 is 1.44 bits per heavy atom. The molecule has 43 heavy (non-hydrogen) atoms. The molecule has 0 aliphatic heterocycles. The number of hydrogen-bond acceptors (Lipinski definition) is 4. The van der Waals surface area contributed by atoms with Gasteiger partial charge in [-0.1, -0.05) is 178 Å². The second-order valence-electron chi connectivity index (χ2n) is 13.0. The summed E-state index contributed by atoms with van der Waals surface area (Å²) < 4.78 is 18.1. The number of hydrogen-bond donors (Lipinski definition) is 0. The third kappa shape index (κ3) is 14.6. The number of rotatable bonds is 25. The van der Waals surface area contributed by atoms with E-state index in [-0.39, 0.29) is 11.0 Å². The number of ether oxygens (including phenoxy) is 2. The predicted octanol–water partition coefficient (Wildman–Crippen LogP) is 9.38. The van der Waals surface area contributed by atoms with Crippen molar-refractivity contribution in [2.24, 2.45) is 0 Å². The molecule has 0 unspecified atom stereocenters. The molecule has 0 spiro atoms. The first-order valence-corrected chi connectivity index (χ1v) is 19.3. The van der Waals surface area contributed by atoms with Gasteiger partial charge in [0.05, 0.1) is 19.8 Å². The zero-order chi connectivity index (χ0) is 31.1. The molecule has 0 atom stereocenters. The van der Waals surface area contributed by atoms with Gasteiger partial charge in [-0.05, 0) is 21.8 Å². The molecule has 0 aromatic heterocycles. The standard InChI is InChI=1S/C38H62O4Si/c1-5-6-7-8-9-10-11-12-13-14-15-16-17-18-25-30-37(39)41-33-31-40-32-34-42-43(38(2,3)4,35-26-21-19-22-27-35)36-28-23-20-24-29-36/h19-24,26-29H,5-18,25,30-34H2,1-4H3. The van der Waals surface area contributed by atoms with E-state index in [1.165, 1.54) is 93.8 Å². The van der Waals surface area contributed by atoms with Gasteiger partial charge in [0.15, 0.2) is 0 Å². The van der Waals surface area contributed by atoms with Crippen molar-refractivity contribution in [2.75, 3.05) is 26.4 Å². The van der Waals surface area contributed by atoms with Crippen molar-refractivity contribution in [1.82, 2.24) is 0 Å². The van der Waals surface area contributed by atoms with Gasteiger partial charge in [0.1, 0.15) is 6.61 Å². The maximum Gasteiger partial charge on any atom is 0.305 e. The number of benzene rings is 2. The van der Waals surface area contributed by atoms with Crippen molar-refractivity contribution < 1.29 is 18.7 Å². The molecule has 0 heterocycles. The van der Waals surface area contributed by atoms with E-state index in [0.717, 1.165) is 12.8 Å². The third-order valence-corrected chi connectivity index (χ3v) is 13.5. The molecule has 2 aromatic rings. The molecule has 0 aliphatic rings. The minimum absolute atomic E-state index is 0.0574. The fourth-order valence-electron chi connectivity index (χ4n) is 6.04. The van der Waals surface area contributed by atoms with Gasteiger partial charge in [0, 0.05) is 6.42 Å². The molecule has 0 aliphatic carbocycles. The van der Waals surface area contributed by atoms with E-state index in [0.29, 0.717) is 32.8 Å². The van der Waals surface area contributed by atoms with Crippen LogP contribution in [0.25, 0.3) is 0 Å². The lowest BCUT2D eigenvalue weighted by molar-refractivity contribution is -0.145. The monoisotopic (exact) mass is 610 g/mol. The molecule has 0 saturated heterocycles. The highest BCUT2D eigenvalue weighted by atomic mass is 28.4. The lowest BCUT2D eigenvalue weighted by Gasteiger charge is -2.43. The summed E-state index contributed by atoms with van der Waals surface area (Å²) in [6.07, 6.45) is 20.4. The van der Waals surface area contributed by atoms with E-state index in [2.05, 4.69) is 88.4 Å². The van der Waals surface area contributed by atoms with Crippen LogP contribution in [0.4, 0.5) is 0 Å². The summed E-state index contributed by atoms with van der Waals surface area (Å²) in [5.41, 5.74) is 0.